The van der Waals surface area contributed by atoms with Gasteiger partial charge in [-0.05, 0) is 48.2 Å². The first-order valence-electron chi connectivity index (χ1n) is 9.41. The number of benzene rings is 2. The average molecular weight is 398 g/mol. The zero-order valence-electron chi connectivity index (χ0n) is 16.6. The van der Waals surface area contributed by atoms with E-state index in [1.54, 1.807) is 29.2 Å². The number of rotatable bonds is 5. The normalized spacial score (nSPS) is 13.8. The summed E-state index contributed by atoms with van der Waals surface area (Å²) in [6.45, 7) is 4.08. The number of esters is 1. The number of anilines is 1. The molecule has 1 unspecified atom stereocenters. The number of ether oxygens (including phenoxy) is 1. The van der Waals surface area contributed by atoms with Crippen LogP contribution in [0, 0.1) is 11.7 Å². The summed E-state index contributed by atoms with van der Waals surface area (Å²) in [6, 6.07) is 9.88. The number of carbonyl (C=O) groups is 3. The Morgan fingerprint density at radius 3 is 2.52 bits per heavy atom. The second-order valence-corrected chi connectivity index (χ2v) is 7.25. The van der Waals surface area contributed by atoms with Crippen molar-refractivity contribution in [3.63, 3.8) is 0 Å². The molecule has 6 nitrogen and oxygen atoms in total. The van der Waals surface area contributed by atoms with Crippen molar-refractivity contribution >= 4 is 23.5 Å². The molecule has 152 valence electrons. The first-order chi connectivity index (χ1) is 13.8. The Kier molecular flexibility index (Phi) is 5.96. The predicted octanol–water partition coefficient (Wildman–Crippen LogP) is 2.96. The molecule has 0 bridgehead atoms. The molecule has 0 saturated carbocycles. The summed E-state index contributed by atoms with van der Waals surface area (Å²) < 4.78 is 18.7. The Morgan fingerprint density at radius 1 is 1.14 bits per heavy atom. The van der Waals surface area contributed by atoms with E-state index in [0.29, 0.717) is 24.2 Å². The largest absolute Gasteiger partial charge is 0.465 e. The SMILES string of the molecule is COC(=O)c1ccc2c(c1)CCN2C(=O)C(NC(=O)c1ccccc1F)C(C)C. The van der Waals surface area contributed by atoms with Gasteiger partial charge in [-0.3, -0.25) is 9.59 Å². The molecule has 0 aliphatic carbocycles. The minimum Gasteiger partial charge on any atom is -0.465 e. The summed E-state index contributed by atoms with van der Waals surface area (Å²) in [5, 5.41) is 2.68. The van der Waals surface area contributed by atoms with E-state index in [1.807, 2.05) is 13.8 Å². The summed E-state index contributed by atoms with van der Waals surface area (Å²) in [5.74, 6) is -2.17. The number of hydrogen-bond donors (Lipinski definition) is 1. The Labute approximate surface area is 168 Å². The highest BCUT2D eigenvalue weighted by molar-refractivity contribution is 6.04. The summed E-state index contributed by atoms with van der Waals surface area (Å²) in [4.78, 5) is 39.1. The lowest BCUT2D eigenvalue weighted by Crippen LogP contribution is -2.51. The topological polar surface area (TPSA) is 75.7 Å². The number of hydrogen-bond acceptors (Lipinski definition) is 4. The van der Waals surface area contributed by atoms with E-state index < -0.39 is 23.7 Å². The van der Waals surface area contributed by atoms with Crippen LogP contribution in [0.25, 0.3) is 0 Å². The molecule has 2 amide bonds. The van der Waals surface area contributed by atoms with E-state index in [0.717, 1.165) is 5.56 Å². The molecule has 1 aliphatic heterocycles. The van der Waals surface area contributed by atoms with Crippen LogP contribution in [-0.4, -0.2) is 37.5 Å². The molecule has 1 aliphatic rings. The number of nitrogens with one attached hydrogen (secondary N) is 1. The highest BCUT2D eigenvalue weighted by atomic mass is 19.1. The highest BCUT2D eigenvalue weighted by Gasteiger charge is 2.33. The average Bonchev–Trinajstić information content (AvgIpc) is 3.14. The fraction of sp³-hybridized carbons (Fsp3) is 0.318. The Balaban J connectivity index is 1.82. The van der Waals surface area contributed by atoms with Crippen LogP contribution in [0.3, 0.4) is 0 Å². The summed E-state index contributed by atoms with van der Waals surface area (Å²) >= 11 is 0. The van der Waals surface area contributed by atoms with Crippen LogP contribution in [0.5, 0.6) is 0 Å². The van der Waals surface area contributed by atoms with Crippen molar-refractivity contribution in [3.8, 4) is 0 Å². The van der Waals surface area contributed by atoms with Crippen molar-refractivity contribution in [2.45, 2.75) is 26.3 Å². The first kappa shape index (κ1) is 20.5. The summed E-state index contributed by atoms with van der Waals surface area (Å²) in [5.41, 5.74) is 1.89. The lowest BCUT2D eigenvalue weighted by atomic mass is 10.0. The highest BCUT2D eigenvalue weighted by Crippen LogP contribution is 2.30. The van der Waals surface area contributed by atoms with Gasteiger partial charge in [0.2, 0.25) is 5.91 Å². The minimum atomic E-state index is -0.812. The van der Waals surface area contributed by atoms with Gasteiger partial charge in [-0.1, -0.05) is 26.0 Å². The van der Waals surface area contributed by atoms with Gasteiger partial charge in [0.1, 0.15) is 11.9 Å². The fourth-order valence-corrected chi connectivity index (χ4v) is 3.42. The molecule has 29 heavy (non-hydrogen) atoms. The molecule has 1 N–H and O–H groups in total. The molecule has 0 fully saturated rings. The monoisotopic (exact) mass is 398 g/mol. The number of nitrogens with zero attached hydrogens (tertiary/aromatic N) is 1. The smallest absolute Gasteiger partial charge is 0.337 e. The van der Waals surface area contributed by atoms with Crippen LogP contribution in [0.4, 0.5) is 10.1 Å². The second-order valence-electron chi connectivity index (χ2n) is 7.25. The molecule has 0 spiro atoms. The number of fused-ring (bicyclic) bond motifs is 1. The van der Waals surface area contributed by atoms with Crippen molar-refractivity contribution in [2.75, 3.05) is 18.6 Å². The molecule has 1 heterocycles. The maximum atomic E-state index is 13.9. The first-order valence-corrected chi connectivity index (χ1v) is 9.41. The van der Waals surface area contributed by atoms with Crippen molar-refractivity contribution in [3.05, 3.63) is 65.0 Å². The van der Waals surface area contributed by atoms with Crippen LogP contribution in [0.1, 0.15) is 40.1 Å². The van der Waals surface area contributed by atoms with E-state index >= 15 is 0 Å². The van der Waals surface area contributed by atoms with Crippen molar-refractivity contribution in [1.29, 1.82) is 0 Å². The minimum absolute atomic E-state index is 0.101. The third-order valence-electron chi connectivity index (χ3n) is 5.00. The van der Waals surface area contributed by atoms with Crippen molar-refractivity contribution in [1.82, 2.24) is 5.32 Å². The van der Waals surface area contributed by atoms with Gasteiger partial charge in [0.25, 0.3) is 5.91 Å². The third-order valence-corrected chi connectivity index (χ3v) is 5.00. The van der Waals surface area contributed by atoms with Crippen LogP contribution < -0.4 is 10.2 Å². The van der Waals surface area contributed by atoms with Gasteiger partial charge in [0.15, 0.2) is 0 Å². The van der Waals surface area contributed by atoms with Gasteiger partial charge in [-0.15, -0.1) is 0 Å². The maximum Gasteiger partial charge on any atom is 0.337 e. The van der Waals surface area contributed by atoms with E-state index in [1.165, 1.54) is 25.3 Å². The van der Waals surface area contributed by atoms with Gasteiger partial charge < -0.3 is 15.0 Å². The molecule has 3 rings (SSSR count). The van der Waals surface area contributed by atoms with Gasteiger partial charge >= 0.3 is 5.97 Å². The van der Waals surface area contributed by atoms with Crippen LogP contribution in [0.15, 0.2) is 42.5 Å². The van der Waals surface area contributed by atoms with Crippen molar-refractivity contribution < 1.29 is 23.5 Å². The Morgan fingerprint density at radius 2 is 1.86 bits per heavy atom. The molecule has 7 heteroatoms. The molecule has 0 saturated heterocycles. The van der Waals surface area contributed by atoms with Gasteiger partial charge in [0.05, 0.1) is 18.2 Å². The molecule has 2 aromatic rings. The third kappa shape index (κ3) is 4.13. The quantitative estimate of drug-likeness (QED) is 0.786. The van der Waals surface area contributed by atoms with E-state index in [-0.39, 0.29) is 17.4 Å². The van der Waals surface area contributed by atoms with Crippen molar-refractivity contribution in [2.24, 2.45) is 5.92 Å². The number of amides is 2. The molecule has 1 atom stereocenters. The predicted molar refractivity (Wildman–Crippen MR) is 106 cm³/mol. The number of halogens is 1. The van der Waals surface area contributed by atoms with Gasteiger partial charge in [0, 0.05) is 12.2 Å². The molecular weight excluding hydrogens is 375 g/mol. The number of methoxy groups -OCH3 is 1. The molecule has 0 aromatic heterocycles. The maximum absolute atomic E-state index is 13.9. The molecule has 0 radical (unpaired) electrons. The fourth-order valence-electron chi connectivity index (χ4n) is 3.42. The van der Waals surface area contributed by atoms with Gasteiger partial charge in [-0.25, -0.2) is 9.18 Å². The van der Waals surface area contributed by atoms with Crippen LogP contribution in [-0.2, 0) is 16.0 Å². The van der Waals surface area contributed by atoms with E-state index in [2.05, 4.69) is 5.32 Å². The van der Waals surface area contributed by atoms with Crippen LogP contribution >= 0.6 is 0 Å². The lowest BCUT2D eigenvalue weighted by Gasteiger charge is -2.27. The second kappa shape index (κ2) is 8.43. The zero-order valence-corrected chi connectivity index (χ0v) is 16.6. The van der Waals surface area contributed by atoms with Crippen LogP contribution in [0.2, 0.25) is 0 Å². The summed E-state index contributed by atoms with van der Waals surface area (Å²) in [7, 11) is 1.32. The van der Waals surface area contributed by atoms with E-state index in [4.69, 9.17) is 4.74 Å². The Hall–Kier alpha value is -3.22. The lowest BCUT2D eigenvalue weighted by molar-refractivity contribution is -0.121. The van der Waals surface area contributed by atoms with Gasteiger partial charge in [-0.2, -0.15) is 0 Å². The molecular formula is C22H23FN2O4. The zero-order chi connectivity index (χ0) is 21.1. The number of carbonyl (C=O) groups excluding carboxylic acids is 3. The molecule has 2 aromatic carbocycles. The van der Waals surface area contributed by atoms with E-state index in [9.17, 15) is 18.8 Å². The Bertz CT molecular complexity index is 958. The standard InChI is InChI=1S/C22H23FN2O4/c1-13(2)19(24-20(26)16-6-4-5-7-17(16)23)21(27)25-11-10-14-12-15(22(28)29-3)8-9-18(14)25/h4-9,12-13,19H,10-11H2,1-3H3,(H,24,26). The summed E-state index contributed by atoms with van der Waals surface area (Å²) in [6.07, 6.45) is 0.595.